The molecule has 1 saturated heterocycles. The number of allylic oxidation sites excluding steroid dienone is 3. The summed E-state index contributed by atoms with van der Waals surface area (Å²) in [7, 11) is -6.54. The van der Waals surface area contributed by atoms with Crippen LogP contribution in [0.5, 0.6) is 0 Å². The molecule has 3 heterocycles. The number of carbonyl (C=O) groups is 1. The Morgan fingerprint density at radius 1 is 1.38 bits per heavy atom. The Balaban J connectivity index is 1.56. The monoisotopic (exact) mass is 674 g/mol. The summed E-state index contributed by atoms with van der Waals surface area (Å²) in [5.74, 6) is -0.405. The van der Waals surface area contributed by atoms with Gasteiger partial charge in [-0.25, -0.2) is 23.1 Å². The maximum Gasteiger partial charge on any atom is 0.459 e. The number of hydrazine groups is 1. The van der Waals surface area contributed by atoms with Crippen LogP contribution in [0, 0.1) is 5.92 Å². The van der Waals surface area contributed by atoms with Gasteiger partial charge in [0.05, 0.1) is 25.3 Å². The van der Waals surface area contributed by atoms with Crippen LogP contribution in [0.3, 0.4) is 0 Å². The zero-order chi connectivity index (χ0) is 33.3. The van der Waals surface area contributed by atoms with Crippen molar-refractivity contribution >= 4 is 46.7 Å². The molecule has 250 valence electrons. The van der Waals surface area contributed by atoms with Crippen molar-refractivity contribution < 1.29 is 46.5 Å². The molecule has 2 aromatic heterocycles. The Morgan fingerprint density at radius 3 is 2.71 bits per heavy atom. The number of hydrogen-bond acceptors (Lipinski definition) is 15. The van der Waals surface area contributed by atoms with Gasteiger partial charge in [-0.15, -0.1) is 4.83 Å². The number of anilines is 2. The molecule has 0 saturated carbocycles. The number of carbonyl (C=O) groups excluding carboxylic acids is 1. The minimum atomic E-state index is -4.25. The summed E-state index contributed by atoms with van der Waals surface area (Å²) >= 11 is 0. The number of sulfonamides is 1. The van der Waals surface area contributed by atoms with E-state index >= 15 is 0 Å². The van der Waals surface area contributed by atoms with E-state index in [1.807, 2.05) is 13.0 Å². The molecular weight excluding hydrogens is 635 g/mol. The fourth-order valence-corrected chi connectivity index (χ4v) is 6.52. The van der Waals surface area contributed by atoms with E-state index in [2.05, 4.69) is 24.9 Å². The predicted molar refractivity (Wildman–Crippen MR) is 162 cm³/mol. The second kappa shape index (κ2) is 13.3. The lowest BCUT2D eigenvalue weighted by Crippen LogP contribution is -2.44. The third kappa shape index (κ3) is 8.36. The van der Waals surface area contributed by atoms with Gasteiger partial charge >= 0.3 is 13.7 Å². The largest absolute Gasteiger partial charge is 0.462 e. The number of nitrogens with two attached hydrogens (primary N) is 1. The number of imidazole rings is 1. The number of hydrogen-bond donors (Lipinski definition) is 5. The number of aliphatic hydroxyl groups is 2. The van der Waals surface area contributed by atoms with Crippen molar-refractivity contribution in [3.63, 3.8) is 0 Å². The van der Waals surface area contributed by atoms with Gasteiger partial charge in [-0.2, -0.15) is 9.97 Å². The minimum absolute atomic E-state index is 0.0142. The second-order valence-corrected chi connectivity index (χ2v) is 14.8. The van der Waals surface area contributed by atoms with Crippen molar-refractivity contribution in [1.82, 2.24) is 29.4 Å². The van der Waals surface area contributed by atoms with Crippen molar-refractivity contribution in [2.45, 2.75) is 64.3 Å². The van der Waals surface area contributed by atoms with Gasteiger partial charge in [0.15, 0.2) is 23.2 Å². The van der Waals surface area contributed by atoms with E-state index < -0.39 is 67.0 Å². The fourth-order valence-electron chi connectivity index (χ4n) is 4.65. The molecule has 6 atom stereocenters. The van der Waals surface area contributed by atoms with E-state index in [4.69, 9.17) is 24.3 Å². The molecule has 0 amide bonds. The van der Waals surface area contributed by atoms with Gasteiger partial charge in [-0.3, -0.25) is 18.9 Å². The highest BCUT2D eigenvalue weighted by molar-refractivity contribution is 7.88. The van der Waals surface area contributed by atoms with Gasteiger partial charge in [-0.05, 0) is 45.3 Å². The predicted octanol–water partition coefficient (Wildman–Crippen LogP) is 0.481. The molecule has 0 spiro atoms. The molecule has 0 radical (unpaired) electrons. The molecule has 0 bridgehead atoms. The van der Waals surface area contributed by atoms with Gasteiger partial charge in [0.2, 0.25) is 16.0 Å². The van der Waals surface area contributed by atoms with Crippen LogP contribution in [0.1, 0.15) is 40.3 Å². The zero-order valence-corrected chi connectivity index (χ0v) is 27.4. The van der Waals surface area contributed by atoms with Gasteiger partial charge in [0.25, 0.3) is 0 Å². The Morgan fingerprint density at radius 2 is 2.09 bits per heavy atom. The van der Waals surface area contributed by atoms with Crippen LogP contribution >= 0.6 is 7.75 Å². The first-order chi connectivity index (χ1) is 20.9. The maximum absolute atomic E-state index is 13.8. The van der Waals surface area contributed by atoms with E-state index in [0.29, 0.717) is 6.42 Å². The molecular formula is C25H39N8O10PS. The number of rotatable bonds is 13. The number of nitrogens with zero attached hydrogens (tertiary/aromatic N) is 5. The first-order valence-corrected chi connectivity index (χ1v) is 17.4. The number of ether oxygens (including phenoxy) is 2. The van der Waals surface area contributed by atoms with E-state index in [0.717, 1.165) is 11.3 Å². The third-order valence-corrected chi connectivity index (χ3v) is 8.84. The van der Waals surface area contributed by atoms with Crippen LogP contribution in [0.25, 0.3) is 11.2 Å². The van der Waals surface area contributed by atoms with Crippen LogP contribution in [0.4, 0.5) is 11.8 Å². The highest BCUT2D eigenvalue weighted by Gasteiger charge is 2.54. The number of esters is 1. The summed E-state index contributed by atoms with van der Waals surface area (Å²) in [4.78, 5) is 26.9. The van der Waals surface area contributed by atoms with Crippen molar-refractivity contribution in [2.24, 2.45) is 5.92 Å². The fraction of sp³-hybridized carbons (Fsp3) is 0.600. The van der Waals surface area contributed by atoms with Crippen molar-refractivity contribution in [1.29, 1.82) is 0 Å². The van der Waals surface area contributed by atoms with E-state index in [-0.39, 0.29) is 34.6 Å². The minimum Gasteiger partial charge on any atom is -0.462 e. The molecule has 1 aliphatic heterocycles. The van der Waals surface area contributed by atoms with Crippen LogP contribution in [-0.4, -0.2) is 94.5 Å². The average molecular weight is 675 g/mol. The highest BCUT2D eigenvalue weighted by Crippen LogP contribution is 2.48. The number of aromatic nitrogens is 4. The van der Waals surface area contributed by atoms with Crippen molar-refractivity contribution in [3.8, 4) is 0 Å². The number of nitrogens with one attached hydrogen (secondary N) is 2. The summed E-state index contributed by atoms with van der Waals surface area (Å²) in [6.45, 7) is 5.60. The molecule has 1 aliphatic carbocycles. The van der Waals surface area contributed by atoms with E-state index in [1.54, 1.807) is 26.0 Å². The Labute approximate surface area is 260 Å². The first-order valence-electron chi connectivity index (χ1n) is 13.9. The van der Waals surface area contributed by atoms with Crippen LogP contribution in [0.2, 0.25) is 0 Å². The molecule has 1 fully saturated rings. The Hall–Kier alpha value is -3.16. The number of fused-ring (bicyclic) bond motifs is 1. The Kier molecular flexibility index (Phi) is 10.3. The molecule has 6 N–H and O–H groups in total. The quantitative estimate of drug-likeness (QED) is 0.110. The molecule has 2 aliphatic rings. The van der Waals surface area contributed by atoms with Crippen molar-refractivity contribution in [3.05, 3.63) is 30.3 Å². The van der Waals surface area contributed by atoms with E-state index in [1.165, 1.54) is 24.9 Å². The van der Waals surface area contributed by atoms with Crippen LogP contribution < -0.4 is 20.7 Å². The SMILES string of the molecule is CC1C=CC(OP(=O)(NCC(=O)OC(C)C)OCC2OC(n3cnc4c(N(C)NS(C)(=O)=O)nc(N)nc43)[C@](C)(O)[C@@H]2O)=CC1. The molecule has 4 rings (SSSR count). The zero-order valence-electron chi connectivity index (χ0n) is 25.6. The highest BCUT2D eigenvalue weighted by atomic mass is 32.2. The molecule has 18 nitrogen and oxygen atoms in total. The molecule has 45 heavy (non-hydrogen) atoms. The molecule has 2 aromatic rings. The maximum atomic E-state index is 13.8. The lowest BCUT2D eigenvalue weighted by atomic mass is 9.96. The smallest absolute Gasteiger partial charge is 0.459 e. The van der Waals surface area contributed by atoms with Crippen LogP contribution in [-0.2, 0) is 37.9 Å². The second-order valence-electron chi connectivity index (χ2n) is 11.3. The summed E-state index contributed by atoms with van der Waals surface area (Å²) in [5.41, 5.74) is 4.09. The van der Waals surface area contributed by atoms with Gasteiger partial charge in [-0.1, -0.05) is 13.0 Å². The average Bonchev–Trinajstić information content (AvgIpc) is 3.43. The molecule has 0 aromatic carbocycles. The number of aliphatic hydroxyl groups excluding tert-OH is 1. The summed E-state index contributed by atoms with van der Waals surface area (Å²) < 4.78 is 61.0. The topological polar surface area (TPSA) is 243 Å². The van der Waals surface area contributed by atoms with Gasteiger partial charge < -0.3 is 29.9 Å². The summed E-state index contributed by atoms with van der Waals surface area (Å²) in [6, 6.07) is 0. The lowest BCUT2D eigenvalue weighted by Gasteiger charge is -2.27. The molecule has 4 unspecified atom stereocenters. The van der Waals surface area contributed by atoms with E-state index in [9.17, 15) is 28.0 Å². The lowest BCUT2D eigenvalue weighted by molar-refractivity contribution is -0.146. The first kappa shape index (κ1) is 34.7. The molecule has 20 heteroatoms. The Bertz CT molecular complexity index is 1630. The van der Waals surface area contributed by atoms with Crippen molar-refractivity contribution in [2.75, 3.05) is 37.2 Å². The van der Waals surface area contributed by atoms with Gasteiger partial charge in [0.1, 0.15) is 30.1 Å². The summed E-state index contributed by atoms with van der Waals surface area (Å²) in [6.07, 6.45) is 3.51. The standard InChI is InChI=1S/C25H39N8O10PS/c1-14(2)41-18(34)11-28-44(37,43-16-9-7-15(3)8-10-16)40-12-17-20(35)25(4,36)23(42-17)33-13-27-19-21(29-24(26)30-22(19)33)32(5)31-45(6,38)39/h7,9-10,13-15,17,20,23,31,35-36H,8,11-12H2,1-6H3,(H,28,37)(H2,26,29,30)/t15?,17?,20-,23?,25-,44?/m1/s1. The normalized spacial score (nSPS) is 26.6. The van der Waals surface area contributed by atoms with Gasteiger partial charge in [0, 0.05) is 7.05 Å². The third-order valence-electron chi connectivity index (χ3n) is 6.75. The van der Waals surface area contributed by atoms with Crippen LogP contribution in [0.15, 0.2) is 30.3 Å². The summed E-state index contributed by atoms with van der Waals surface area (Å²) in [5, 5.41) is 26.0. The number of nitrogen functional groups attached to an aromatic ring is 1.